The molecule has 1 spiro atoms. The van der Waals surface area contributed by atoms with Gasteiger partial charge in [0.2, 0.25) is 23.7 Å². The van der Waals surface area contributed by atoms with Crippen molar-refractivity contribution in [3.8, 4) is 0 Å². The third-order valence-corrected chi connectivity index (χ3v) is 13.1. The minimum atomic E-state index is -0.858. The molecule has 6 aliphatic rings. The maximum absolute atomic E-state index is 13.9. The van der Waals surface area contributed by atoms with Gasteiger partial charge >= 0.3 is 5.97 Å². The molecule has 1 aromatic rings. The van der Waals surface area contributed by atoms with Crippen molar-refractivity contribution < 1.29 is 34.1 Å². The Balaban J connectivity index is 1.24. The lowest BCUT2D eigenvalue weighted by atomic mass is 9.43. The van der Waals surface area contributed by atoms with Crippen LogP contribution in [0.1, 0.15) is 58.9 Å². The minimum Gasteiger partial charge on any atom is -0.423 e. The lowest BCUT2D eigenvalue weighted by Crippen LogP contribution is -2.68. The zero-order valence-electron chi connectivity index (χ0n) is 33.5. The van der Waals surface area contributed by atoms with Crippen LogP contribution in [0, 0.1) is 22.7 Å². The number of aliphatic hydroxyl groups is 2. The SMILES string of the molecule is CC(NC(CC1C2(CO2)C(NC(C)C(=O)NC2=NCC=N2)CC2[C@]1(C)CC[C@@H](O)[C@@]2(C)CO)C1=C/C(=C\c2ccc(N(C)C)cc2)OC1=O)C(=O)NC1=NCC=N1. The Bertz CT molecular complexity index is 1940. The molecular formula is C41H55N9O7. The highest BCUT2D eigenvalue weighted by molar-refractivity contribution is 6.05. The van der Waals surface area contributed by atoms with Crippen LogP contribution in [0.2, 0.25) is 0 Å². The fourth-order valence-electron chi connectivity index (χ4n) is 9.71. The first kappa shape index (κ1) is 40.6. The summed E-state index contributed by atoms with van der Waals surface area (Å²) in [5.41, 5.74) is 0.148. The molecule has 1 saturated heterocycles. The number of carbonyl (C=O) groups is 3. The van der Waals surface area contributed by atoms with Gasteiger partial charge in [-0.1, -0.05) is 26.0 Å². The van der Waals surface area contributed by atoms with E-state index in [1.807, 2.05) is 50.2 Å². The predicted molar refractivity (Wildman–Crippen MR) is 217 cm³/mol. The molecule has 4 heterocycles. The van der Waals surface area contributed by atoms with Crippen molar-refractivity contribution in [3.63, 3.8) is 0 Å². The molecule has 57 heavy (non-hydrogen) atoms. The highest BCUT2D eigenvalue weighted by Crippen LogP contribution is 2.66. The Morgan fingerprint density at radius 2 is 1.65 bits per heavy atom. The standard InChI is InChI=1S/C41H55N9O7/c1-23(34(53)48-37-42-13-14-43-37)46-29(28-18-27(57-36(28)55)17-25-7-9-26(10-8-25)50(5)6)19-31-39(3)12-11-33(52)40(4,21-51)30(39)20-32(41(31)22-56-41)47-24(2)35(54)49-38-44-15-16-45-38/h7-10,13,15,17-18,23-24,29-33,46-47,51-52H,11-12,14,16,19-22H2,1-6H3,(H,43,48,53)(H,45,49,54)/b27-17+/t23?,24?,29?,30?,31?,32?,33-,39+,40+,41?/m1/s1. The van der Waals surface area contributed by atoms with Crippen molar-refractivity contribution >= 4 is 53.9 Å². The average molecular weight is 786 g/mol. The zero-order chi connectivity index (χ0) is 40.7. The van der Waals surface area contributed by atoms with E-state index in [9.17, 15) is 24.6 Å². The number of benzene rings is 1. The van der Waals surface area contributed by atoms with E-state index in [0.717, 1.165) is 11.3 Å². The van der Waals surface area contributed by atoms with E-state index < -0.39 is 46.6 Å². The Labute approximate surface area is 333 Å². The zero-order valence-corrected chi connectivity index (χ0v) is 33.5. The summed E-state index contributed by atoms with van der Waals surface area (Å²) in [6.07, 6.45) is 8.02. The van der Waals surface area contributed by atoms with Crippen LogP contribution in [-0.2, 0) is 23.9 Å². The van der Waals surface area contributed by atoms with E-state index in [-0.39, 0.29) is 48.2 Å². The molecule has 16 heteroatoms. The number of epoxide rings is 1. The molecule has 3 fully saturated rings. The van der Waals surface area contributed by atoms with Crippen molar-refractivity contribution in [3.05, 3.63) is 47.2 Å². The molecule has 2 amide bonds. The first-order valence-corrected chi connectivity index (χ1v) is 19.8. The van der Waals surface area contributed by atoms with Crippen LogP contribution in [0.3, 0.4) is 0 Å². The number of ether oxygens (including phenoxy) is 2. The van der Waals surface area contributed by atoms with Crippen LogP contribution < -0.4 is 26.2 Å². The summed E-state index contributed by atoms with van der Waals surface area (Å²) in [6, 6.07) is 5.37. The van der Waals surface area contributed by atoms with Crippen LogP contribution in [-0.4, -0.2) is 129 Å². The van der Waals surface area contributed by atoms with Gasteiger partial charge in [0, 0.05) is 49.7 Å². The number of aliphatic hydroxyl groups excluding tert-OH is 2. The second-order valence-corrected chi connectivity index (χ2v) is 16.9. The molecule has 0 aromatic heterocycles. The highest BCUT2D eigenvalue weighted by Gasteiger charge is 2.71. The van der Waals surface area contributed by atoms with Crippen LogP contribution in [0.15, 0.2) is 61.6 Å². The quantitative estimate of drug-likeness (QED) is 0.132. The van der Waals surface area contributed by atoms with Crippen LogP contribution >= 0.6 is 0 Å². The lowest BCUT2D eigenvalue weighted by Gasteiger charge is -2.63. The molecule has 1 aromatic carbocycles. The van der Waals surface area contributed by atoms with Crippen molar-refractivity contribution in [1.29, 1.82) is 0 Å². The number of anilines is 1. The Hall–Kier alpha value is -4.61. The third kappa shape index (κ3) is 7.97. The Kier molecular flexibility index (Phi) is 11.4. The normalized spacial score (nSPS) is 33.6. The van der Waals surface area contributed by atoms with Crippen LogP contribution in [0.25, 0.3) is 6.08 Å². The third-order valence-electron chi connectivity index (χ3n) is 13.1. The topological polar surface area (TPSA) is 214 Å². The van der Waals surface area contributed by atoms with Gasteiger partial charge in [0.05, 0.1) is 50.1 Å². The number of nitrogens with one attached hydrogen (secondary N) is 4. The van der Waals surface area contributed by atoms with Crippen molar-refractivity contribution in [2.75, 3.05) is 45.3 Å². The molecule has 2 aliphatic carbocycles. The number of allylic oxidation sites excluding steroid dienone is 1. The first-order chi connectivity index (χ1) is 27.2. The summed E-state index contributed by atoms with van der Waals surface area (Å²) in [6.45, 7) is 8.59. The molecule has 10 atom stereocenters. The van der Waals surface area contributed by atoms with Gasteiger partial charge in [-0.25, -0.2) is 24.8 Å². The number of aliphatic imine (C=N–C) groups is 4. The molecule has 0 bridgehead atoms. The molecular weight excluding hydrogens is 731 g/mol. The van der Waals surface area contributed by atoms with E-state index >= 15 is 0 Å². The van der Waals surface area contributed by atoms with E-state index in [1.54, 1.807) is 38.4 Å². The molecule has 7 unspecified atom stereocenters. The van der Waals surface area contributed by atoms with E-state index in [0.29, 0.717) is 56.7 Å². The summed E-state index contributed by atoms with van der Waals surface area (Å²) >= 11 is 0. The number of nitrogens with zero attached hydrogens (tertiary/aromatic N) is 5. The number of carbonyl (C=O) groups excluding carboxylic acids is 3. The van der Waals surface area contributed by atoms with Gasteiger partial charge in [0.15, 0.2) is 0 Å². The number of cyclic esters (lactones) is 1. The number of esters is 1. The number of fused-ring (bicyclic) bond motifs is 1. The first-order valence-electron chi connectivity index (χ1n) is 19.8. The molecule has 7 rings (SSSR count). The summed E-state index contributed by atoms with van der Waals surface area (Å²) in [5.74, 6) is -0.802. The molecule has 16 nitrogen and oxygen atoms in total. The van der Waals surface area contributed by atoms with Crippen LogP contribution in [0.4, 0.5) is 5.69 Å². The lowest BCUT2D eigenvalue weighted by molar-refractivity contribution is -0.185. The second-order valence-electron chi connectivity index (χ2n) is 16.9. The number of hydrogen-bond donors (Lipinski definition) is 6. The summed E-state index contributed by atoms with van der Waals surface area (Å²) in [4.78, 5) is 59.5. The van der Waals surface area contributed by atoms with E-state index in [2.05, 4.69) is 48.2 Å². The van der Waals surface area contributed by atoms with Crippen molar-refractivity contribution in [1.82, 2.24) is 21.3 Å². The fraction of sp³-hybridized carbons (Fsp3) is 0.585. The molecule has 4 aliphatic heterocycles. The summed E-state index contributed by atoms with van der Waals surface area (Å²) in [5, 5.41) is 35.0. The molecule has 2 saturated carbocycles. The minimum absolute atomic E-state index is 0.208. The molecule has 0 radical (unpaired) electrons. The van der Waals surface area contributed by atoms with Gasteiger partial charge in [-0.2, -0.15) is 0 Å². The van der Waals surface area contributed by atoms with Gasteiger partial charge < -0.3 is 29.9 Å². The van der Waals surface area contributed by atoms with Gasteiger partial charge in [-0.3, -0.25) is 25.5 Å². The number of amides is 2. The average Bonchev–Trinajstić information content (AvgIpc) is 3.49. The highest BCUT2D eigenvalue weighted by atomic mass is 16.6. The van der Waals surface area contributed by atoms with Gasteiger partial charge in [0.25, 0.3) is 0 Å². The Morgan fingerprint density at radius 3 is 2.21 bits per heavy atom. The van der Waals surface area contributed by atoms with E-state index in [4.69, 9.17) is 9.47 Å². The van der Waals surface area contributed by atoms with Gasteiger partial charge in [0.1, 0.15) is 11.4 Å². The smallest absolute Gasteiger partial charge is 0.341 e. The predicted octanol–water partition coefficient (Wildman–Crippen LogP) is 1.34. The fourth-order valence-corrected chi connectivity index (χ4v) is 9.71. The second kappa shape index (κ2) is 16.0. The summed E-state index contributed by atoms with van der Waals surface area (Å²) < 4.78 is 12.4. The number of hydrogen-bond acceptors (Lipinski definition) is 14. The van der Waals surface area contributed by atoms with Crippen LogP contribution in [0.5, 0.6) is 0 Å². The molecule has 6 N–H and O–H groups in total. The Morgan fingerprint density at radius 1 is 1.02 bits per heavy atom. The number of guanidine groups is 2. The summed E-state index contributed by atoms with van der Waals surface area (Å²) in [7, 11) is 3.93. The maximum atomic E-state index is 13.9. The molecule has 306 valence electrons. The number of rotatable bonds is 12. The monoisotopic (exact) mass is 785 g/mol. The maximum Gasteiger partial charge on any atom is 0.341 e. The van der Waals surface area contributed by atoms with Gasteiger partial charge in [-0.15, -0.1) is 0 Å². The van der Waals surface area contributed by atoms with Crippen molar-refractivity contribution in [2.45, 2.75) is 89.3 Å². The largest absolute Gasteiger partial charge is 0.423 e. The van der Waals surface area contributed by atoms with Gasteiger partial charge in [-0.05, 0) is 86.6 Å². The van der Waals surface area contributed by atoms with Crippen molar-refractivity contribution in [2.24, 2.45) is 42.6 Å². The van der Waals surface area contributed by atoms with E-state index in [1.165, 1.54) is 0 Å².